The second-order valence-corrected chi connectivity index (χ2v) is 4.83. The average Bonchev–Trinajstić information content (AvgIpc) is 2.45. The summed E-state index contributed by atoms with van der Waals surface area (Å²) < 4.78 is 5.24. The molecule has 0 aliphatic heterocycles. The zero-order valence-corrected chi connectivity index (χ0v) is 13.5. The number of hydrogen-bond donors (Lipinski definition) is 2. The summed E-state index contributed by atoms with van der Waals surface area (Å²) in [5, 5.41) is 3.05. The number of rotatable bonds is 6. The Labute approximate surface area is 127 Å². The summed E-state index contributed by atoms with van der Waals surface area (Å²) in [6.45, 7) is 6.45. The molecule has 1 aromatic carbocycles. The van der Waals surface area contributed by atoms with Crippen LogP contribution in [0.2, 0.25) is 0 Å². The molecule has 0 spiro atoms. The number of hydrogen-bond acceptors (Lipinski definition) is 3. The molecule has 0 fully saturated rings. The third kappa shape index (κ3) is 4.12. The Bertz CT molecular complexity index is 437. The number of halogens is 1. The fourth-order valence-corrected chi connectivity index (χ4v) is 2.04. The van der Waals surface area contributed by atoms with Crippen LogP contribution in [0.3, 0.4) is 0 Å². The molecule has 0 bridgehead atoms. The highest BCUT2D eigenvalue weighted by atomic mass is 35.5. The van der Waals surface area contributed by atoms with Gasteiger partial charge in [0.1, 0.15) is 5.75 Å². The van der Waals surface area contributed by atoms with Gasteiger partial charge in [-0.15, -0.1) is 12.4 Å². The predicted octanol–water partition coefficient (Wildman–Crippen LogP) is 2.67. The summed E-state index contributed by atoms with van der Waals surface area (Å²) in [5.74, 6) is 0.617. The molecule has 3 N–H and O–H groups in total. The number of ether oxygens (including phenoxy) is 1. The largest absolute Gasteiger partial charge is 0.496 e. The van der Waals surface area contributed by atoms with Crippen molar-refractivity contribution < 1.29 is 9.53 Å². The lowest BCUT2D eigenvalue weighted by Crippen LogP contribution is -2.52. The van der Waals surface area contributed by atoms with Gasteiger partial charge in [-0.3, -0.25) is 4.79 Å². The maximum atomic E-state index is 12.3. The van der Waals surface area contributed by atoms with E-state index in [9.17, 15) is 4.79 Å². The molecule has 0 atom stereocenters. The molecule has 0 saturated carbocycles. The lowest BCUT2D eigenvalue weighted by atomic mass is 9.92. The Morgan fingerprint density at radius 2 is 1.95 bits per heavy atom. The molecule has 4 nitrogen and oxygen atoms in total. The maximum Gasteiger partial charge on any atom is 0.251 e. The van der Waals surface area contributed by atoms with Crippen LogP contribution in [0.4, 0.5) is 0 Å². The first-order valence-electron chi connectivity index (χ1n) is 6.69. The SMILES string of the molecule is CCC(CC)(CN)NC(=O)c1ccc(C)c(OC)c1.Cl. The molecular weight excluding hydrogens is 276 g/mol. The van der Waals surface area contributed by atoms with Gasteiger partial charge < -0.3 is 15.8 Å². The predicted molar refractivity (Wildman–Crippen MR) is 84.8 cm³/mol. The van der Waals surface area contributed by atoms with Crippen molar-refractivity contribution in [2.75, 3.05) is 13.7 Å². The zero-order chi connectivity index (χ0) is 14.5. The Balaban J connectivity index is 0.00000361. The van der Waals surface area contributed by atoms with Crippen LogP contribution in [-0.4, -0.2) is 25.1 Å². The van der Waals surface area contributed by atoms with Crippen LogP contribution in [0, 0.1) is 6.92 Å². The second-order valence-electron chi connectivity index (χ2n) is 4.83. The Kier molecular flexibility index (Phi) is 7.61. The molecule has 0 unspecified atom stereocenters. The van der Waals surface area contributed by atoms with Crippen molar-refractivity contribution in [2.45, 2.75) is 39.2 Å². The monoisotopic (exact) mass is 300 g/mol. The van der Waals surface area contributed by atoms with Gasteiger partial charge in [0.05, 0.1) is 12.6 Å². The van der Waals surface area contributed by atoms with E-state index in [-0.39, 0.29) is 23.9 Å². The van der Waals surface area contributed by atoms with Crippen LogP contribution in [-0.2, 0) is 0 Å². The first-order chi connectivity index (χ1) is 9.01. The third-order valence-corrected chi connectivity index (χ3v) is 3.79. The number of nitrogens with one attached hydrogen (secondary N) is 1. The first-order valence-corrected chi connectivity index (χ1v) is 6.69. The standard InChI is InChI=1S/C15H24N2O2.ClH/c1-5-15(6-2,10-16)17-14(18)12-8-7-11(3)13(9-12)19-4;/h7-9H,5-6,10,16H2,1-4H3,(H,17,18);1H. The molecule has 0 aromatic heterocycles. The minimum absolute atomic E-state index is 0. The summed E-state index contributed by atoms with van der Waals surface area (Å²) >= 11 is 0. The van der Waals surface area contributed by atoms with Gasteiger partial charge in [-0.05, 0) is 37.5 Å². The molecule has 114 valence electrons. The minimum Gasteiger partial charge on any atom is -0.496 e. The molecule has 5 heteroatoms. The van der Waals surface area contributed by atoms with E-state index in [1.807, 2.05) is 26.8 Å². The quantitative estimate of drug-likeness (QED) is 0.849. The fourth-order valence-electron chi connectivity index (χ4n) is 2.04. The van der Waals surface area contributed by atoms with E-state index in [0.29, 0.717) is 12.1 Å². The number of carbonyl (C=O) groups excluding carboxylic acids is 1. The fraction of sp³-hybridized carbons (Fsp3) is 0.533. The summed E-state index contributed by atoms with van der Waals surface area (Å²) in [4.78, 5) is 12.3. The number of methoxy groups -OCH3 is 1. The van der Waals surface area contributed by atoms with Crippen LogP contribution >= 0.6 is 12.4 Å². The normalized spacial score (nSPS) is 10.7. The number of carbonyl (C=O) groups is 1. The van der Waals surface area contributed by atoms with E-state index in [2.05, 4.69) is 5.32 Å². The van der Waals surface area contributed by atoms with Gasteiger partial charge in [0.25, 0.3) is 5.91 Å². The van der Waals surface area contributed by atoms with Crippen molar-refractivity contribution >= 4 is 18.3 Å². The van der Waals surface area contributed by atoms with Crippen molar-refractivity contribution in [3.05, 3.63) is 29.3 Å². The van der Waals surface area contributed by atoms with E-state index >= 15 is 0 Å². The molecule has 0 heterocycles. The van der Waals surface area contributed by atoms with Gasteiger partial charge in [-0.1, -0.05) is 19.9 Å². The molecular formula is C15H25ClN2O2. The van der Waals surface area contributed by atoms with Crippen LogP contribution < -0.4 is 15.8 Å². The van der Waals surface area contributed by atoms with E-state index < -0.39 is 0 Å². The lowest BCUT2D eigenvalue weighted by molar-refractivity contribution is 0.0895. The number of nitrogens with two attached hydrogens (primary N) is 1. The highest BCUT2D eigenvalue weighted by Gasteiger charge is 2.26. The van der Waals surface area contributed by atoms with Crippen molar-refractivity contribution in [1.82, 2.24) is 5.32 Å². The molecule has 1 amide bonds. The Morgan fingerprint density at radius 3 is 2.40 bits per heavy atom. The topological polar surface area (TPSA) is 64.3 Å². The molecule has 0 aliphatic rings. The van der Waals surface area contributed by atoms with Crippen molar-refractivity contribution in [3.8, 4) is 5.75 Å². The minimum atomic E-state index is -0.324. The summed E-state index contributed by atoms with van der Waals surface area (Å²) in [6, 6.07) is 5.45. The number of aryl methyl sites for hydroxylation is 1. The van der Waals surface area contributed by atoms with Crippen LogP contribution in [0.15, 0.2) is 18.2 Å². The van der Waals surface area contributed by atoms with E-state index in [4.69, 9.17) is 10.5 Å². The van der Waals surface area contributed by atoms with Gasteiger partial charge in [-0.2, -0.15) is 0 Å². The second kappa shape index (κ2) is 8.12. The molecule has 0 aliphatic carbocycles. The van der Waals surface area contributed by atoms with Crippen molar-refractivity contribution in [1.29, 1.82) is 0 Å². The number of benzene rings is 1. The maximum absolute atomic E-state index is 12.3. The van der Waals surface area contributed by atoms with Gasteiger partial charge in [-0.25, -0.2) is 0 Å². The van der Waals surface area contributed by atoms with E-state index in [0.717, 1.165) is 24.2 Å². The number of amides is 1. The van der Waals surface area contributed by atoms with Gasteiger partial charge in [0, 0.05) is 12.1 Å². The van der Waals surface area contributed by atoms with Crippen molar-refractivity contribution in [3.63, 3.8) is 0 Å². The van der Waals surface area contributed by atoms with E-state index in [1.165, 1.54) is 0 Å². The smallest absolute Gasteiger partial charge is 0.251 e. The zero-order valence-electron chi connectivity index (χ0n) is 12.7. The highest BCUT2D eigenvalue weighted by Crippen LogP contribution is 2.20. The summed E-state index contributed by atoms with van der Waals surface area (Å²) in [5.41, 5.74) is 7.08. The first kappa shape index (κ1) is 18.7. The molecule has 0 saturated heterocycles. The highest BCUT2D eigenvalue weighted by molar-refractivity contribution is 5.95. The van der Waals surface area contributed by atoms with Crippen LogP contribution in [0.5, 0.6) is 5.75 Å². The summed E-state index contributed by atoms with van der Waals surface area (Å²) in [6.07, 6.45) is 1.63. The lowest BCUT2D eigenvalue weighted by Gasteiger charge is -2.31. The van der Waals surface area contributed by atoms with Gasteiger partial charge >= 0.3 is 0 Å². The Hall–Kier alpha value is -1.26. The molecule has 1 aromatic rings. The van der Waals surface area contributed by atoms with Gasteiger partial charge in [0.15, 0.2) is 0 Å². The van der Waals surface area contributed by atoms with Crippen LogP contribution in [0.1, 0.15) is 42.6 Å². The van der Waals surface area contributed by atoms with Crippen molar-refractivity contribution in [2.24, 2.45) is 5.73 Å². The molecule has 1 rings (SSSR count). The average molecular weight is 301 g/mol. The Morgan fingerprint density at radius 1 is 1.35 bits per heavy atom. The van der Waals surface area contributed by atoms with Gasteiger partial charge in [0.2, 0.25) is 0 Å². The van der Waals surface area contributed by atoms with Crippen LogP contribution in [0.25, 0.3) is 0 Å². The third-order valence-electron chi connectivity index (χ3n) is 3.79. The summed E-state index contributed by atoms with van der Waals surface area (Å²) in [7, 11) is 1.60. The van der Waals surface area contributed by atoms with E-state index in [1.54, 1.807) is 19.2 Å². The molecule has 0 radical (unpaired) electrons. The molecule has 20 heavy (non-hydrogen) atoms.